The van der Waals surface area contributed by atoms with Gasteiger partial charge in [0, 0.05) is 29.4 Å². The smallest absolute Gasteiger partial charge is 0.311 e. The first-order valence-electron chi connectivity index (χ1n) is 12.0. The minimum atomic E-state index is -1.27. The summed E-state index contributed by atoms with van der Waals surface area (Å²) in [5.41, 5.74) is 2.51. The number of imide groups is 1. The van der Waals surface area contributed by atoms with Crippen molar-refractivity contribution in [3.05, 3.63) is 56.6 Å². The summed E-state index contributed by atoms with van der Waals surface area (Å²) < 4.78 is 5.22. The third-order valence-corrected chi connectivity index (χ3v) is 8.38. The van der Waals surface area contributed by atoms with E-state index in [1.54, 1.807) is 6.92 Å². The van der Waals surface area contributed by atoms with E-state index in [0.717, 1.165) is 28.0 Å². The molecule has 2 aromatic carbocycles. The normalized spacial score (nSPS) is 28.5. The number of methoxy groups -OCH3 is 1. The number of nitro benzene ring substituents is 1. The molecule has 6 rings (SSSR count). The number of nitrogens with one attached hydrogen (secondary N) is 1. The van der Waals surface area contributed by atoms with Gasteiger partial charge in [0.2, 0.25) is 17.7 Å². The zero-order valence-corrected chi connectivity index (χ0v) is 20.5. The molecule has 36 heavy (non-hydrogen) atoms. The van der Waals surface area contributed by atoms with E-state index >= 15 is 0 Å². The Kier molecular flexibility index (Phi) is 4.63. The van der Waals surface area contributed by atoms with Gasteiger partial charge in [0.05, 0.1) is 29.6 Å². The first-order valence-corrected chi connectivity index (χ1v) is 12.0. The van der Waals surface area contributed by atoms with E-state index in [9.17, 15) is 24.5 Å². The molecule has 0 bridgehead atoms. The Balaban J connectivity index is 1.55. The number of fused-ring (bicyclic) bond motifs is 7. The van der Waals surface area contributed by atoms with Crippen LogP contribution in [0.4, 0.5) is 17.1 Å². The summed E-state index contributed by atoms with van der Waals surface area (Å²) in [4.78, 5) is 56.2. The number of amides is 3. The highest BCUT2D eigenvalue weighted by Gasteiger charge is 2.74. The second-order valence-corrected chi connectivity index (χ2v) is 10.2. The highest BCUT2D eigenvalue weighted by molar-refractivity contribution is 6.26. The van der Waals surface area contributed by atoms with Crippen LogP contribution in [-0.2, 0) is 19.9 Å². The Morgan fingerprint density at radius 1 is 1.08 bits per heavy atom. The molecule has 0 saturated carbocycles. The number of benzene rings is 2. The number of anilines is 2. The van der Waals surface area contributed by atoms with Crippen molar-refractivity contribution < 1.29 is 24.0 Å². The van der Waals surface area contributed by atoms with E-state index in [1.807, 2.05) is 26.0 Å². The van der Waals surface area contributed by atoms with Crippen LogP contribution in [0, 0.1) is 42.7 Å². The number of rotatable bonds is 3. The molecule has 0 radical (unpaired) electrons. The third-order valence-electron chi connectivity index (χ3n) is 8.38. The Labute approximate surface area is 207 Å². The van der Waals surface area contributed by atoms with Gasteiger partial charge in [-0.15, -0.1) is 0 Å². The highest BCUT2D eigenvalue weighted by atomic mass is 16.6. The molecule has 10 nitrogen and oxygen atoms in total. The zero-order chi connectivity index (χ0) is 25.7. The van der Waals surface area contributed by atoms with Gasteiger partial charge in [0.1, 0.15) is 5.54 Å². The molecule has 3 amide bonds. The molecular weight excluding hydrogens is 464 g/mol. The van der Waals surface area contributed by atoms with Crippen LogP contribution in [-0.4, -0.2) is 47.2 Å². The van der Waals surface area contributed by atoms with Crippen LogP contribution < -0.4 is 15.0 Å². The summed E-state index contributed by atoms with van der Waals surface area (Å²) in [6.45, 7) is 6.14. The first kappa shape index (κ1) is 22.7. The molecule has 1 spiro atoms. The highest BCUT2D eigenvalue weighted by Crippen LogP contribution is 2.61. The van der Waals surface area contributed by atoms with Crippen LogP contribution in [0.25, 0.3) is 0 Å². The molecule has 3 saturated heterocycles. The summed E-state index contributed by atoms with van der Waals surface area (Å²) in [6, 6.07) is 6.39. The van der Waals surface area contributed by atoms with Gasteiger partial charge in [-0.3, -0.25) is 29.4 Å². The molecule has 10 heteroatoms. The average molecular weight is 491 g/mol. The maximum atomic E-state index is 14.2. The van der Waals surface area contributed by atoms with Crippen molar-refractivity contribution in [3.8, 4) is 5.75 Å². The molecule has 0 unspecified atom stereocenters. The Morgan fingerprint density at radius 2 is 1.83 bits per heavy atom. The van der Waals surface area contributed by atoms with E-state index in [0.29, 0.717) is 24.2 Å². The molecule has 4 aliphatic rings. The van der Waals surface area contributed by atoms with Gasteiger partial charge in [-0.05, 0) is 51.3 Å². The van der Waals surface area contributed by atoms with E-state index in [1.165, 1.54) is 19.2 Å². The molecular formula is C26H26N4O6. The van der Waals surface area contributed by atoms with Crippen LogP contribution in [0.15, 0.2) is 24.3 Å². The Hall–Kier alpha value is -3.79. The summed E-state index contributed by atoms with van der Waals surface area (Å²) in [5, 5.41) is 14.5. The monoisotopic (exact) mass is 490 g/mol. The summed E-state index contributed by atoms with van der Waals surface area (Å²) >= 11 is 0. The van der Waals surface area contributed by atoms with E-state index < -0.39 is 28.2 Å². The predicted octanol–water partition coefficient (Wildman–Crippen LogP) is 2.96. The van der Waals surface area contributed by atoms with Crippen LogP contribution in [0.2, 0.25) is 0 Å². The van der Waals surface area contributed by atoms with Crippen molar-refractivity contribution in [1.82, 2.24) is 4.90 Å². The molecule has 0 aromatic heterocycles. The number of ether oxygens (including phenoxy) is 1. The molecule has 4 atom stereocenters. The average Bonchev–Trinajstić information content (AvgIpc) is 3.53. The standard InChI is InChI=1S/C26H26N4O6/c1-12-8-14(3)22-15(9-12)26(25(33)27-22)21-20(16-6-5-7-28(16)26)23(31)29(24(21)32)17-11-19(36-4)18(30(34)35)10-13(17)2/h8-11,16,20-21H,5-7H2,1-4H3,(H,27,33)/t16-,20+,21-,26+/m0/s1. The fraction of sp³-hybridized carbons (Fsp3) is 0.423. The van der Waals surface area contributed by atoms with E-state index in [2.05, 4.69) is 10.2 Å². The minimum Gasteiger partial charge on any atom is -0.490 e. The number of nitrogens with zero attached hydrogens (tertiary/aromatic N) is 3. The summed E-state index contributed by atoms with van der Waals surface area (Å²) in [6.07, 6.45) is 1.54. The van der Waals surface area contributed by atoms with Gasteiger partial charge >= 0.3 is 5.69 Å². The fourth-order valence-electron chi connectivity index (χ4n) is 7.11. The molecule has 186 valence electrons. The second-order valence-electron chi connectivity index (χ2n) is 10.2. The van der Waals surface area contributed by atoms with Crippen molar-refractivity contribution in [2.24, 2.45) is 11.8 Å². The van der Waals surface area contributed by atoms with Crippen LogP contribution in [0.5, 0.6) is 5.75 Å². The Bertz CT molecular complexity index is 1400. The minimum absolute atomic E-state index is 0.0364. The van der Waals surface area contributed by atoms with E-state index in [4.69, 9.17) is 4.74 Å². The number of aryl methyl sites for hydroxylation is 3. The molecule has 0 aliphatic carbocycles. The van der Waals surface area contributed by atoms with Gasteiger partial charge < -0.3 is 10.1 Å². The van der Waals surface area contributed by atoms with Gasteiger partial charge in [-0.25, -0.2) is 4.90 Å². The summed E-state index contributed by atoms with van der Waals surface area (Å²) in [7, 11) is 1.31. The van der Waals surface area contributed by atoms with Gasteiger partial charge in [-0.2, -0.15) is 0 Å². The number of hydrogen-bond acceptors (Lipinski definition) is 7. The lowest BCUT2D eigenvalue weighted by Gasteiger charge is -2.37. The second kappa shape index (κ2) is 7.36. The SMILES string of the molecule is COc1cc(N2C(=O)[C@H]3[C@@H](C2=O)[C@]2(C(=O)Nc4c(C)cc(C)cc42)N2CCC[C@@H]32)c(C)cc1[N+](=O)[O-]. The molecule has 4 heterocycles. The predicted molar refractivity (Wildman–Crippen MR) is 130 cm³/mol. The quantitative estimate of drug-likeness (QED) is 0.399. The number of nitro groups is 1. The van der Waals surface area contributed by atoms with Crippen molar-refractivity contribution in [2.75, 3.05) is 23.9 Å². The maximum absolute atomic E-state index is 14.2. The largest absolute Gasteiger partial charge is 0.490 e. The topological polar surface area (TPSA) is 122 Å². The van der Waals surface area contributed by atoms with Crippen LogP contribution >= 0.6 is 0 Å². The lowest BCUT2D eigenvalue weighted by molar-refractivity contribution is -0.385. The molecule has 2 aromatic rings. The molecule has 4 aliphatic heterocycles. The lowest BCUT2D eigenvalue weighted by Crippen LogP contribution is -2.54. The first-order chi connectivity index (χ1) is 17.1. The summed E-state index contributed by atoms with van der Waals surface area (Å²) in [5.74, 6) is -2.71. The van der Waals surface area contributed by atoms with Gasteiger partial charge in [0.25, 0.3) is 0 Å². The van der Waals surface area contributed by atoms with Gasteiger partial charge in [-0.1, -0.05) is 17.7 Å². The van der Waals surface area contributed by atoms with Crippen LogP contribution in [0.3, 0.4) is 0 Å². The molecule has 3 fully saturated rings. The maximum Gasteiger partial charge on any atom is 0.311 e. The van der Waals surface area contributed by atoms with Crippen molar-refractivity contribution in [2.45, 2.75) is 45.2 Å². The van der Waals surface area contributed by atoms with Crippen LogP contribution in [0.1, 0.15) is 35.1 Å². The van der Waals surface area contributed by atoms with Crippen molar-refractivity contribution >= 4 is 34.8 Å². The van der Waals surface area contributed by atoms with Crippen molar-refractivity contribution in [1.29, 1.82) is 0 Å². The fourth-order valence-corrected chi connectivity index (χ4v) is 7.11. The zero-order valence-electron chi connectivity index (χ0n) is 20.5. The third kappa shape index (κ3) is 2.57. The van der Waals surface area contributed by atoms with Crippen molar-refractivity contribution in [3.63, 3.8) is 0 Å². The molecule has 1 N–H and O–H groups in total. The number of hydrogen-bond donors (Lipinski definition) is 1. The van der Waals surface area contributed by atoms with Gasteiger partial charge in [0.15, 0.2) is 5.75 Å². The number of carbonyl (C=O) groups excluding carboxylic acids is 3. The lowest BCUT2D eigenvalue weighted by atomic mass is 9.75. The van der Waals surface area contributed by atoms with E-state index in [-0.39, 0.29) is 35.0 Å². The number of carbonyl (C=O) groups is 3. The Morgan fingerprint density at radius 3 is 2.53 bits per heavy atom.